The Hall–Kier alpha value is -2.15. The molecule has 2 aliphatic heterocycles. The topological polar surface area (TPSA) is 75.9 Å². The van der Waals surface area contributed by atoms with Crippen molar-refractivity contribution in [2.24, 2.45) is 17.6 Å². The first-order valence-electron chi connectivity index (χ1n) is 10.9. The summed E-state index contributed by atoms with van der Waals surface area (Å²) in [5, 5.41) is 0. The number of ether oxygens (including phenoxy) is 1. The molecule has 2 heterocycles. The Morgan fingerprint density at radius 1 is 1.10 bits per heavy atom. The Bertz CT molecular complexity index is 747. The van der Waals surface area contributed by atoms with Crippen molar-refractivity contribution >= 4 is 12.0 Å². The predicted molar refractivity (Wildman–Crippen MR) is 113 cm³/mol. The van der Waals surface area contributed by atoms with Gasteiger partial charge in [0.1, 0.15) is 11.4 Å². The molecule has 0 radical (unpaired) electrons. The van der Waals surface area contributed by atoms with Crippen LogP contribution >= 0.6 is 0 Å². The van der Waals surface area contributed by atoms with Crippen LogP contribution in [0, 0.1) is 17.7 Å². The fourth-order valence-electron chi connectivity index (χ4n) is 4.34. The number of nitrogens with zero attached hydrogens (tertiary/aromatic N) is 2. The molecule has 0 unspecified atom stereocenters. The molecular weight excluding hydrogens is 385 g/mol. The van der Waals surface area contributed by atoms with Gasteiger partial charge in [-0.2, -0.15) is 0 Å². The summed E-state index contributed by atoms with van der Waals surface area (Å²) in [6.07, 6.45) is 3.00. The van der Waals surface area contributed by atoms with Crippen LogP contribution in [0.3, 0.4) is 0 Å². The van der Waals surface area contributed by atoms with Gasteiger partial charge in [-0.1, -0.05) is 12.1 Å². The molecule has 30 heavy (non-hydrogen) atoms. The maximum atomic E-state index is 13.3. The maximum Gasteiger partial charge on any atom is 0.410 e. The van der Waals surface area contributed by atoms with E-state index in [0.29, 0.717) is 38.5 Å². The second kappa shape index (κ2) is 9.33. The largest absolute Gasteiger partial charge is 0.444 e. The average Bonchev–Trinajstić information content (AvgIpc) is 2.68. The normalized spacial score (nSPS) is 25.2. The smallest absolute Gasteiger partial charge is 0.410 e. The van der Waals surface area contributed by atoms with Crippen LogP contribution < -0.4 is 5.73 Å². The van der Waals surface area contributed by atoms with E-state index in [1.165, 1.54) is 12.1 Å². The third-order valence-electron chi connectivity index (χ3n) is 5.90. The Labute approximate surface area is 178 Å². The van der Waals surface area contributed by atoms with Crippen LogP contribution in [0.5, 0.6) is 0 Å². The van der Waals surface area contributed by atoms with Gasteiger partial charge < -0.3 is 20.3 Å². The van der Waals surface area contributed by atoms with Crippen molar-refractivity contribution in [2.75, 3.05) is 26.2 Å². The van der Waals surface area contributed by atoms with Gasteiger partial charge in [0.2, 0.25) is 5.91 Å². The molecule has 7 heteroatoms. The molecule has 1 aromatic carbocycles. The Morgan fingerprint density at radius 2 is 1.80 bits per heavy atom. The lowest BCUT2D eigenvalue weighted by Crippen LogP contribution is -2.56. The molecule has 0 aliphatic carbocycles. The minimum atomic E-state index is -0.573. The number of nitrogens with two attached hydrogens (primary N) is 1. The Kier molecular flexibility index (Phi) is 7.01. The molecule has 2 fully saturated rings. The molecule has 0 bridgehead atoms. The molecule has 2 aliphatic rings. The van der Waals surface area contributed by atoms with E-state index in [9.17, 15) is 14.0 Å². The standard InChI is InChI=1S/C23H34FN3O3/c1-23(2,3)30-22(29)27-12-10-20(25)19(15-27)21(28)26-11-4-5-17(14-26)13-16-6-8-18(24)9-7-16/h6-9,17,19-20H,4-5,10-15,25H2,1-3H3/t17-,19+,20+/m0/s1. The quantitative estimate of drug-likeness (QED) is 0.816. The molecular formula is C23H34FN3O3. The van der Waals surface area contributed by atoms with Crippen molar-refractivity contribution in [3.63, 3.8) is 0 Å². The van der Waals surface area contributed by atoms with Gasteiger partial charge in [-0.15, -0.1) is 0 Å². The molecule has 6 nitrogen and oxygen atoms in total. The number of amides is 2. The van der Waals surface area contributed by atoms with E-state index in [1.54, 1.807) is 4.90 Å². The fraction of sp³-hybridized carbons (Fsp3) is 0.652. The minimum Gasteiger partial charge on any atom is -0.444 e. The van der Waals surface area contributed by atoms with Crippen molar-refractivity contribution in [3.8, 4) is 0 Å². The molecule has 2 N–H and O–H groups in total. The summed E-state index contributed by atoms with van der Waals surface area (Å²) >= 11 is 0. The van der Waals surface area contributed by atoms with Crippen LogP contribution in [-0.2, 0) is 16.0 Å². The molecule has 0 aromatic heterocycles. The van der Waals surface area contributed by atoms with Crippen molar-refractivity contribution in [1.82, 2.24) is 9.80 Å². The van der Waals surface area contributed by atoms with Crippen LogP contribution in [0.25, 0.3) is 0 Å². The average molecular weight is 420 g/mol. The molecule has 3 rings (SSSR count). The SMILES string of the molecule is CC(C)(C)OC(=O)N1CC[C@@H](N)[C@H](C(=O)N2CCC[C@@H](Cc3ccc(F)cc3)C2)C1. The van der Waals surface area contributed by atoms with Gasteiger partial charge in [-0.05, 0) is 70.1 Å². The highest BCUT2D eigenvalue weighted by atomic mass is 19.1. The number of likely N-dealkylation sites (tertiary alicyclic amines) is 2. The highest BCUT2D eigenvalue weighted by Gasteiger charge is 2.38. The lowest BCUT2D eigenvalue weighted by Gasteiger charge is -2.41. The summed E-state index contributed by atoms with van der Waals surface area (Å²) in [6.45, 7) is 7.69. The fourth-order valence-corrected chi connectivity index (χ4v) is 4.34. The van der Waals surface area contributed by atoms with E-state index < -0.39 is 11.5 Å². The number of hydrogen-bond donors (Lipinski definition) is 1. The summed E-state index contributed by atoms with van der Waals surface area (Å²) in [5.41, 5.74) is 6.80. The summed E-state index contributed by atoms with van der Waals surface area (Å²) in [7, 11) is 0. The Balaban J connectivity index is 1.60. The molecule has 2 amide bonds. The number of carbonyl (C=O) groups is 2. The third kappa shape index (κ3) is 5.94. The zero-order chi connectivity index (χ0) is 21.9. The Morgan fingerprint density at radius 3 is 2.47 bits per heavy atom. The number of piperidine rings is 2. The third-order valence-corrected chi connectivity index (χ3v) is 5.90. The highest BCUT2D eigenvalue weighted by molar-refractivity contribution is 5.81. The number of rotatable bonds is 3. The van der Waals surface area contributed by atoms with Crippen LogP contribution in [0.15, 0.2) is 24.3 Å². The van der Waals surface area contributed by atoms with E-state index >= 15 is 0 Å². The van der Waals surface area contributed by atoms with Crippen molar-refractivity contribution < 1.29 is 18.7 Å². The van der Waals surface area contributed by atoms with E-state index in [4.69, 9.17) is 10.5 Å². The lowest BCUT2D eigenvalue weighted by atomic mass is 9.88. The van der Waals surface area contributed by atoms with E-state index in [2.05, 4.69) is 0 Å². The van der Waals surface area contributed by atoms with Crippen LogP contribution in [0.4, 0.5) is 9.18 Å². The van der Waals surface area contributed by atoms with E-state index in [-0.39, 0.29) is 23.9 Å². The van der Waals surface area contributed by atoms with E-state index in [0.717, 1.165) is 24.8 Å². The first kappa shape index (κ1) is 22.5. The number of benzene rings is 1. The zero-order valence-corrected chi connectivity index (χ0v) is 18.3. The second-order valence-corrected chi connectivity index (χ2v) is 9.61. The van der Waals surface area contributed by atoms with Gasteiger partial charge in [-0.25, -0.2) is 9.18 Å². The summed E-state index contributed by atoms with van der Waals surface area (Å²) in [6, 6.07) is 6.33. The maximum absolute atomic E-state index is 13.3. The number of halogens is 1. The lowest BCUT2D eigenvalue weighted by molar-refractivity contribution is -0.139. The second-order valence-electron chi connectivity index (χ2n) is 9.61. The van der Waals surface area contributed by atoms with Crippen molar-refractivity contribution in [3.05, 3.63) is 35.6 Å². The van der Waals surface area contributed by atoms with Gasteiger partial charge >= 0.3 is 6.09 Å². The van der Waals surface area contributed by atoms with Gasteiger partial charge in [0.15, 0.2) is 0 Å². The summed E-state index contributed by atoms with van der Waals surface area (Å²) < 4.78 is 18.6. The molecule has 166 valence electrons. The summed E-state index contributed by atoms with van der Waals surface area (Å²) in [5.74, 6) is -0.273. The van der Waals surface area contributed by atoms with E-state index in [1.807, 2.05) is 37.8 Å². The van der Waals surface area contributed by atoms with Crippen molar-refractivity contribution in [1.29, 1.82) is 0 Å². The first-order chi connectivity index (χ1) is 14.1. The van der Waals surface area contributed by atoms with Gasteiger partial charge in [0, 0.05) is 32.2 Å². The molecule has 0 spiro atoms. The molecule has 2 saturated heterocycles. The van der Waals surface area contributed by atoms with Crippen LogP contribution in [0.1, 0.15) is 45.6 Å². The monoisotopic (exact) mass is 419 g/mol. The first-order valence-corrected chi connectivity index (χ1v) is 10.9. The van der Waals surface area contributed by atoms with Gasteiger partial charge in [0.25, 0.3) is 0 Å². The van der Waals surface area contributed by atoms with Crippen LogP contribution in [-0.4, -0.2) is 59.6 Å². The molecule has 1 aromatic rings. The van der Waals surface area contributed by atoms with Crippen molar-refractivity contribution in [2.45, 2.75) is 58.1 Å². The van der Waals surface area contributed by atoms with Gasteiger partial charge in [0.05, 0.1) is 5.92 Å². The molecule has 0 saturated carbocycles. The predicted octanol–water partition coefficient (Wildman–Crippen LogP) is 3.19. The number of hydrogen-bond acceptors (Lipinski definition) is 4. The molecule has 3 atom stereocenters. The number of carbonyl (C=O) groups excluding carboxylic acids is 2. The van der Waals surface area contributed by atoms with Crippen LogP contribution in [0.2, 0.25) is 0 Å². The zero-order valence-electron chi connectivity index (χ0n) is 18.3. The van der Waals surface area contributed by atoms with Gasteiger partial charge in [-0.3, -0.25) is 4.79 Å². The minimum absolute atomic E-state index is 0.0274. The highest BCUT2D eigenvalue weighted by Crippen LogP contribution is 2.26. The summed E-state index contributed by atoms with van der Waals surface area (Å²) in [4.78, 5) is 29.2.